The van der Waals surface area contributed by atoms with Crippen molar-refractivity contribution in [2.75, 3.05) is 0 Å². The summed E-state index contributed by atoms with van der Waals surface area (Å²) in [5.74, 6) is 0. The SMILES string of the molecule is C=CCCCC.[MgH2]. The lowest BCUT2D eigenvalue weighted by atomic mass is 10.3. The maximum Gasteiger partial charge on any atom is 0.316 e. The van der Waals surface area contributed by atoms with E-state index >= 15 is 0 Å². The molecule has 0 bridgehead atoms. The van der Waals surface area contributed by atoms with E-state index in [4.69, 9.17) is 0 Å². The van der Waals surface area contributed by atoms with Gasteiger partial charge in [-0.15, -0.1) is 6.58 Å². The largest absolute Gasteiger partial charge is 0.316 e. The molecular formula is C6H14Mg. The van der Waals surface area contributed by atoms with Gasteiger partial charge in [0, 0.05) is 0 Å². The van der Waals surface area contributed by atoms with Crippen molar-refractivity contribution in [1.82, 2.24) is 0 Å². The zero-order chi connectivity index (χ0) is 4.83. The Balaban J connectivity index is 0. The van der Waals surface area contributed by atoms with E-state index in [2.05, 4.69) is 13.5 Å². The van der Waals surface area contributed by atoms with Crippen LogP contribution in [-0.4, -0.2) is 23.1 Å². The van der Waals surface area contributed by atoms with Gasteiger partial charge in [0.2, 0.25) is 0 Å². The molecule has 0 aromatic rings. The number of rotatable bonds is 3. The molecule has 0 radical (unpaired) electrons. The zero-order valence-corrected chi connectivity index (χ0v) is 4.41. The third kappa shape index (κ3) is 10.7. The molecule has 0 aliphatic heterocycles. The highest BCUT2D eigenvalue weighted by Gasteiger charge is 1.71. The topological polar surface area (TPSA) is 0 Å². The molecule has 40 valence electrons. The summed E-state index contributed by atoms with van der Waals surface area (Å²) in [6, 6.07) is 0. The highest BCUT2D eigenvalue weighted by atomic mass is 24.3. The molecule has 0 fully saturated rings. The molecule has 0 nitrogen and oxygen atoms in total. The molecule has 0 heterocycles. The van der Waals surface area contributed by atoms with Crippen molar-refractivity contribution in [3.05, 3.63) is 12.7 Å². The van der Waals surface area contributed by atoms with Crippen LogP contribution in [0.15, 0.2) is 12.7 Å². The van der Waals surface area contributed by atoms with Gasteiger partial charge in [-0.25, -0.2) is 0 Å². The first-order chi connectivity index (χ1) is 2.91. The van der Waals surface area contributed by atoms with Gasteiger partial charge in [-0.3, -0.25) is 0 Å². The fourth-order valence-electron chi connectivity index (χ4n) is 0.348. The van der Waals surface area contributed by atoms with Crippen LogP contribution in [0.3, 0.4) is 0 Å². The normalized spacial score (nSPS) is 7.00. The first kappa shape index (κ1) is 10.5. The minimum Gasteiger partial charge on any atom is -0.103 e. The van der Waals surface area contributed by atoms with Crippen LogP contribution in [0.25, 0.3) is 0 Å². The second kappa shape index (κ2) is 9.71. The van der Waals surface area contributed by atoms with Crippen molar-refractivity contribution in [2.24, 2.45) is 0 Å². The molecule has 7 heavy (non-hydrogen) atoms. The molecule has 0 spiro atoms. The van der Waals surface area contributed by atoms with Gasteiger partial charge in [-0.05, 0) is 6.42 Å². The fraction of sp³-hybridized carbons (Fsp3) is 0.667. The van der Waals surface area contributed by atoms with E-state index in [1.54, 1.807) is 0 Å². The van der Waals surface area contributed by atoms with Crippen LogP contribution in [0.5, 0.6) is 0 Å². The average molecular weight is 110 g/mol. The lowest BCUT2D eigenvalue weighted by molar-refractivity contribution is 0.816. The number of allylic oxidation sites excluding steroid dienone is 1. The van der Waals surface area contributed by atoms with Crippen LogP contribution in [-0.2, 0) is 0 Å². The van der Waals surface area contributed by atoms with Crippen LogP contribution in [0, 0.1) is 0 Å². The molecule has 0 saturated carbocycles. The molecule has 0 rings (SSSR count). The van der Waals surface area contributed by atoms with E-state index in [1.807, 2.05) is 6.08 Å². The molecule has 0 unspecified atom stereocenters. The Labute approximate surface area is 62.1 Å². The lowest BCUT2D eigenvalue weighted by Crippen LogP contribution is -1.61. The Morgan fingerprint density at radius 1 is 1.57 bits per heavy atom. The van der Waals surface area contributed by atoms with Crippen LogP contribution in [0.1, 0.15) is 26.2 Å². The van der Waals surface area contributed by atoms with Gasteiger partial charge in [-0.1, -0.05) is 25.8 Å². The summed E-state index contributed by atoms with van der Waals surface area (Å²) < 4.78 is 0. The molecule has 0 aromatic heterocycles. The quantitative estimate of drug-likeness (QED) is 0.293. The maximum atomic E-state index is 3.60. The number of unbranched alkanes of at least 4 members (excludes halogenated alkanes) is 2. The summed E-state index contributed by atoms with van der Waals surface area (Å²) in [7, 11) is 0. The Hall–Kier alpha value is 0.506. The molecule has 0 saturated heterocycles. The van der Waals surface area contributed by atoms with Crippen LogP contribution >= 0.6 is 0 Å². The average Bonchev–Trinajstić information content (AvgIpc) is 1.61. The van der Waals surface area contributed by atoms with E-state index in [9.17, 15) is 0 Å². The number of hydrogen-bond donors (Lipinski definition) is 0. The van der Waals surface area contributed by atoms with Crippen LogP contribution in [0.2, 0.25) is 0 Å². The van der Waals surface area contributed by atoms with E-state index in [-0.39, 0.29) is 23.1 Å². The van der Waals surface area contributed by atoms with Gasteiger partial charge >= 0.3 is 23.1 Å². The van der Waals surface area contributed by atoms with Crippen molar-refractivity contribution < 1.29 is 0 Å². The van der Waals surface area contributed by atoms with Gasteiger partial charge in [0.25, 0.3) is 0 Å². The van der Waals surface area contributed by atoms with E-state index < -0.39 is 0 Å². The molecular weight excluding hydrogens is 96.4 g/mol. The molecule has 0 atom stereocenters. The zero-order valence-electron chi connectivity index (χ0n) is 4.41. The van der Waals surface area contributed by atoms with E-state index in [0.717, 1.165) is 0 Å². The highest BCUT2D eigenvalue weighted by molar-refractivity contribution is 5.75. The Kier molecular flexibility index (Phi) is 14.5. The molecule has 0 N–H and O–H groups in total. The predicted molar refractivity (Wildman–Crippen MR) is 38.3 cm³/mol. The molecule has 0 aromatic carbocycles. The van der Waals surface area contributed by atoms with E-state index in [0.29, 0.717) is 0 Å². The van der Waals surface area contributed by atoms with Gasteiger partial charge in [-0.2, -0.15) is 0 Å². The van der Waals surface area contributed by atoms with Crippen molar-refractivity contribution >= 4 is 23.1 Å². The first-order valence-corrected chi connectivity index (χ1v) is 2.52. The highest BCUT2D eigenvalue weighted by Crippen LogP contribution is 1.91. The van der Waals surface area contributed by atoms with Crippen molar-refractivity contribution in [3.8, 4) is 0 Å². The first-order valence-electron chi connectivity index (χ1n) is 2.52. The third-order valence-corrected chi connectivity index (χ3v) is 0.762. The summed E-state index contributed by atoms with van der Waals surface area (Å²) in [6.07, 6.45) is 5.72. The monoisotopic (exact) mass is 110 g/mol. The molecule has 0 aliphatic carbocycles. The molecule has 1 heteroatoms. The van der Waals surface area contributed by atoms with Crippen molar-refractivity contribution in [3.63, 3.8) is 0 Å². The van der Waals surface area contributed by atoms with Crippen molar-refractivity contribution in [1.29, 1.82) is 0 Å². The predicted octanol–water partition coefficient (Wildman–Crippen LogP) is 1.45. The summed E-state index contributed by atoms with van der Waals surface area (Å²) in [5.41, 5.74) is 0. The minimum atomic E-state index is 0. The van der Waals surface area contributed by atoms with Crippen molar-refractivity contribution in [2.45, 2.75) is 26.2 Å². The number of hydrogen-bond acceptors (Lipinski definition) is 0. The van der Waals surface area contributed by atoms with E-state index in [1.165, 1.54) is 19.3 Å². The van der Waals surface area contributed by atoms with Gasteiger partial charge < -0.3 is 0 Å². The van der Waals surface area contributed by atoms with Gasteiger partial charge in [0.1, 0.15) is 0 Å². The van der Waals surface area contributed by atoms with Crippen LogP contribution in [0.4, 0.5) is 0 Å². The molecule has 0 aliphatic rings. The maximum absolute atomic E-state index is 3.60. The summed E-state index contributed by atoms with van der Waals surface area (Å²) >= 11 is 0. The van der Waals surface area contributed by atoms with Gasteiger partial charge in [0.05, 0.1) is 0 Å². The lowest BCUT2D eigenvalue weighted by Gasteiger charge is -1.81. The second-order valence-electron chi connectivity index (χ2n) is 1.43. The third-order valence-electron chi connectivity index (χ3n) is 0.762. The van der Waals surface area contributed by atoms with Gasteiger partial charge in [0.15, 0.2) is 0 Å². The smallest absolute Gasteiger partial charge is 0.103 e. The Morgan fingerprint density at radius 2 is 2.14 bits per heavy atom. The Bertz CT molecular complexity index is 33.2. The standard InChI is InChI=1S/C6H12.Mg.2H/c1-3-5-6-4-2;;;/h3H,1,4-6H2,2H3;;;. The minimum absolute atomic E-state index is 0. The molecule has 0 amide bonds. The second-order valence-corrected chi connectivity index (χ2v) is 1.43. The van der Waals surface area contributed by atoms with Crippen LogP contribution < -0.4 is 0 Å². The summed E-state index contributed by atoms with van der Waals surface area (Å²) in [4.78, 5) is 0. The Morgan fingerprint density at radius 3 is 2.29 bits per heavy atom. The summed E-state index contributed by atoms with van der Waals surface area (Å²) in [6.45, 7) is 5.78. The fourth-order valence-corrected chi connectivity index (χ4v) is 0.348. The summed E-state index contributed by atoms with van der Waals surface area (Å²) in [5, 5.41) is 0.